The van der Waals surface area contributed by atoms with Crippen LogP contribution in [-0.4, -0.2) is 7.11 Å². The summed E-state index contributed by atoms with van der Waals surface area (Å²) in [6, 6.07) is 6.14. The summed E-state index contributed by atoms with van der Waals surface area (Å²) in [5, 5.41) is 0. The van der Waals surface area contributed by atoms with E-state index in [2.05, 4.69) is 40.8 Å². The molecule has 0 unspecified atom stereocenters. The van der Waals surface area contributed by atoms with Crippen molar-refractivity contribution in [2.45, 2.75) is 0 Å². The molecule has 0 N–H and O–H groups in total. The lowest BCUT2D eigenvalue weighted by molar-refractivity contribution is 0.414. The Balaban J connectivity index is 2.44. The molecule has 1 aromatic rings. The van der Waals surface area contributed by atoms with Gasteiger partial charge in [-0.05, 0) is 58.0 Å². The van der Waals surface area contributed by atoms with Crippen LogP contribution in [0.3, 0.4) is 0 Å². The highest BCUT2D eigenvalue weighted by Crippen LogP contribution is 2.38. The summed E-state index contributed by atoms with van der Waals surface area (Å²) < 4.78 is 6.42. The molecule has 1 aliphatic rings. The van der Waals surface area contributed by atoms with E-state index in [1.54, 1.807) is 7.11 Å². The molecule has 0 spiro atoms. The molecule has 1 aromatic carbocycles. The zero-order chi connectivity index (χ0) is 7.84. The highest BCUT2D eigenvalue weighted by molar-refractivity contribution is 14.1. The molecule has 1 nitrogen and oxygen atoms in total. The summed E-state index contributed by atoms with van der Waals surface area (Å²) in [5.41, 5.74) is 2.63. The summed E-state index contributed by atoms with van der Waals surface area (Å²) >= 11 is 2.33. The van der Waals surface area contributed by atoms with E-state index in [1.165, 1.54) is 14.7 Å². The van der Waals surface area contributed by atoms with Crippen molar-refractivity contribution in [3.63, 3.8) is 0 Å². The van der Waals surface area contributed by atoms with E-state index in [0.717, 1.165) is 5.75 Å². The summed E-state index contributed by atoms with van der Waals surface area (Å²) in [6.45, 7) is 0. The lowest BCUT2D eigenvalue weighted by atomic mass is 9.98. The van der Waals surface area contributed by atoms with Crippen molar-refractivity contribution in [1.29, 1.82) is 0 Å². The molecule has 56 valence electrons. The van der Waals surface area contributed by atoms with Crippen LogP contribution < -0.4 is 4.74 Å². The van der Waals surface area contributed by atoms with Crippen molar-refractivity contribution in [3.8, 4) is 5.75 Å². The average molecular weight is 258 g/mol. The predicted molar refractivity (Wildman–Crippen MR) is 54.9 cm³/mol. The molecule has 0 aliphatic heterocycles. The van der Waals surface area contributed by atoms with Gasteiger partial charge in [-0.15, -0.1) is 0 Å². The Morgan fingerprint density at radius 1 is 1.36 bits per heavy atom. The SMILES string of the molecule is COc1ccc2c(c1)C=C2I. The van der Waals surface area contributed by atoms with Gasteiger partial charge in [0.2, 0.25) is 0 Å². The first-order valence-electron chi connectivity index (χ1n) is 3.37. The Labute approximate surface area is 79.2 Å². The zero-order valence-corrected chi connectivity index (χ0v) is 8.25. The van der Waals surface area contributed by atoms with Gasteiger partial charge in [-0.25, -0.2) is 0 Å². The van der Waals surface area contributed by atoms with Crippen LogP contribution in [0.4, 0.5) is 0 Å². The fourth-order valence-corrected chi connectivity index (χ4v) is 1.97. The summed E-state index contributed by atoms with van der Waals surface area (Å²) in [4.78, 5) is 0. The number of methoxy groups -OCH3 is 1. The average Bonchev–Trinajstić information content (AvgIpc) is 2.02. The number of benzene rings is 1. The van der Waals surface area contributed by atoms with Gasteiger partial charge in [0.05, 0.1) is 7.11 Å². The molecule has 0 atom stereocenters. The summed E-state index contributed by atoms with van der Waals surface area (Å²) in [5.74, 6) is 0.934. The number of hydrogen-bond acceptors (Lipinski definition) is 1. The van der Waals surface area contributed by atoms with Gasteiger partial charge < -0.3 is 4.74 Å². The number of halogens is 1. The third-order valence-corrected chi connectivity index (χ3v) is 2.69. The first-order chi connectivity index (χ1) is 5.31. The van der Waals surface area contributed by atoms with Gasteiger partial charge in [0.15, 0.2) is 0 Å². The Morgan fingerprint density at radius 3 is 2.73 bits per heavy atom. The minimum absolute atomic E-state index is 0.934. The van der Waals surface area contributed by atoms with Crippen LogP contribution in [0, 0.1) is 0 Å². The maximum Gasteiger partial charge on any atom is 0.119 e. The van der Waals surface area contributed by atoms with E-state index in [9.17, 15) is 0 Å². The number of rotatable bonds is 1. The van der Waals surface area contributed by atoms with Crippen molar-refractivity contribution >= 4 is 32.2 Å². The maximum absolute atomic E-state index is 5.09. The molecular formula is C9H7IO. The molecule has 2 rings (SSSR count). The first-order valence-corrected chi connectivity index (χ1v) is 4.45. The molecule has 1 aliphatic carbocycles. The smallest absolute Gasteiger partial charge is 0.119 e. The van der Waals surface area contributed by atoms with Crippen LogP contribution in [0.1, 0.15) is 11.1 Å². The Bertz CT molecular complexity index is 328. The number of fused-ring (bicyclic) bond motifs is 1. The largest absolute Gasteiger partial charge is 0.497 e. The van der Waals surface area contributed by atoms with E-state index in [-0.39, 0.29) is 0 Å². The van der Waals surface area contributed by atoms with Crippen LogP contribution in [0.25, 0.3) is 9.66 Å². The molecule has 0 saturated heterocycles. The van der Waals surface area contributed by atoms with Crippen LogP contribution in [0.2, 0.25) is 0 Å². The van der Waals surface area contributed by atoms with Crippen molar-refractivity contribution in [3.05, 3.63) is 29.3 Å². The predicted octanol–water partition coefficient (Wildman–Crippen LogP) is 2.94. The zero-order valence-electron chi connectivity index (χ0n) is 6.10. The van der Waals surface area contributed by atoms with Gasteiger partial charge in [-0.3, -0.25) is 0 Å². The van der Waals surface area contributed by atoms with Gasteiger partial charge in [0.25, 0.3) is 0 Å². The third-order valence-electron chi connectivity index (χ3n) is 1.80. The van der Waals surface area contributed by atoms with Gasteiger partial charge >= 0.3 is 0 Å². The maximum atomic E-state index is 5.09. The van der Waals surface area contributed by atoms with Crippen molar-refractivity contribution in [1.82, 2.24) is 0 Å². The first kappa shape index (κ1) is 7.16. The molecule has 0 heterocycles. The second-order valence-corrected chi connectivity index (χ2v) is 3.61. The van der Waals surface area contributed by atoms with Crippen LogP contribution in [-0.2, 0) is 0 Å². The summed E-state index contributed by atoms with van der Waals surface area (Å²) in [6.07, 6.45) is 2.15. The lowest BCUT2D eigenvalue weighted by Crippen LogP contribution is -1.94. The van der Waals surface area contributed by atoms with Crippen molar-refractivity contribution in [2.24, 2.45) is 0 Å². The molecular weight excluding hydrogens is 251 g/mol. The number of hydrogen-bond donors (Lipinski definition) is 0. The van der Waals surface area contributed by atoms with Crippen LogP contribution in [0.5, 0.6) is 5.75 Å². The van der Waals surface area contributed by atoms with E-state index < -0.39 is 0 Å². The molecule has 0 aromatic heterocycles. The fraction of sp³-hybridized carbons (Fsp3) is 0.111. The van der Waals surface area contributed by atoms with Crippen molar-refractivity contribution < 1.29 is 4.74 Å². The molecule has 2 heteroatoms. The van der Waals surface area contributed by atoms with Crippen LogP contribution >= 0.6 is 22.6 Å². The monoisotopic (exact) mass is 258 g/mol. The van der Waals surface area contributed by atoms with E-state index in [1.807, 2.05) is 6.07 Å². The molecule has 0 fully saturated rings. The Morgan fingerprint density at radius 2 is 2.18 bits per heavy atom. The standard InChI is InChI=1S/C9H7IO/c1-11-7-2-3-8-6(4-7)5-9(8)10/h2-5H,1H3. The molecule has 0 saturated carbocycles. The van der Waals surface area contributed by atoms with Crippen LogP contribution in [0.15, 0.2) is 18.2 Å². The highest BCUT2D eigenvalue weighted by Gasteiger charge is 2.13. The highest BCUT2D eigenvalue weighted by atomic mass is 127. The summed E-state index contributed by atoms with van der Waals surface area (Å²) in [7, 11) is 1.69. The topological polar surface area (TPSA) is 9.23 Å². The van der Waals surface area contributed by atoms with Gasteiger partial charge in [-0.2, -0.15) is 0 Å². The number of ether oxygens (including phenoxy) is 1. The minimum atomic E-state index is 0.934. The Kier molecular flexibility index (Phi) is 1.64. The second-order valence-electron chi connectivity index (χ2n) is 2.45. The Hall–Kier alpha value is -0.510. The van der Waals surface area contributed by atoms with E-state index in [0.29, 0.717) is 0 Å². The van der Waals surface area contributed by atoms with E-state index >= 15 is 0 Å². The molecule has 0 amide bonds. The van der Waals surface area contributed by atoms with Crippen molar-refractivity contribution in [2.75, 3.05) is 7.11 Å². The van der Waals surface area contributed by atoms with Gasteiger partial charge in [-0.1, -0.05) is 0 Å². The quantitative estimate of drug-likeness (QED) is 0.703. The molecule has 11 heavy (non-hydrogen) atoms. The minimum Gasteiger partial charge on any atom is -0.497 e. The normalized spacial score (nSPS) is 13.1. The van der Waals surface area contributed by atoms with Gasteiger partial charge in [0.1, 0.15) is 5.75 Å². The fourth-order valence-electron chi connectivity index (χ4n) is 1.14. The molecule has 0 bridgehead atoms. The van der Waals surface area contributed by atoms with E-state index in [4.69, 9.17) is 4.74 Å². The third kappa shape index (κ3) is 1.05. The molecule has 0 radical (unpaired) electrons. The van der Waals surface area contributed by atoms with Gasteiger partial charge in [0, 0.05) is 3.58 Å². The lowest BCUT2D eigenvalue weighted by Gasteiger charge is -2.15. The second kappa shape index (κ2) is 2.52.